The van der Waals surface area contributed by atoms with Crippen molar-refractivity contribution in [2.24, 2.45) is 0 Å². The third-order valence-corrected chi connectivity index (χ3v) is 3.03. The van der Waals surface area contributed by atoms with Gasteiger partial charge in [-0.1, -0.05) is 25.1 Å². The van der Waals surface area contributed by atoms with Crippen LogP contribution >= 0.6 is 0 Å². The largest absolute Gasteiger partial charge is 0.377 e. The first kappa shape index (κ1) is 14.0. The second-order valence-corrected chi connectivity index (χ2v) is 4.89. The predicted molar refractivity (Wildman–Crippen MR) is 78.2 cm³/mol. The molecule has 0 fully saturated rings. The van der Waals surface area contributed by atoms with E-state index in [-0.39, 0.29) is 6.10 Å². The van der Waals surface area contributed by atoms with Crippen LogP contribution in [0.4, 0.5) is 0 Å². The average Bonchev–Trinajstić information content (AvgIpc) is 2.75. The van der Waals surface area contributed by atoms with Crippen molar-refractivity contribution < 1.29 is 4.74 Å². The summed E-state index contributed by atoms with van der Waals surface area (Å²) in [6.45, 7) is 9.48. The Labute approximate surface area is 114 Å². The van der Waals surface area contributed by atoms with E-state index < -0.39 is 0 Å². The quantitative estimate of drug-likeness (QED) is 0.832. The molecule has 0 amide bonds. The van der Waals surface area contributed by atoms with Gasteiger partial charge in [-0.25, -0.2) is 0 Å². The molecule has 0 saturated heterocycles. The van der Waals surface area contributed by atoms with E-state index in [0.717, 1.165) is 25.3 Å². The fraction of sp³-hybridized carbons (Fsp3) is 0.533. The number of nitrogens with zero attached hydrogens (tertiary/aromatic N) is 2. The number of para-hydroxylation sites is 1. The van der Waals surface area contributed by atoms with Crippen molar-refractivity contribution in [1.82, 2.24) is 15.1 Å². The molecule has 0 aliphatic heterocycles. The van der Waals surface area contributed by atoms with Crippen molar-refractivity contribution in [2.75, 3.05) is 13.2 Å². The Morgan fingerprint density at radius 1 is 1.32 bits per heavy atom. The molecule has 1 aromatic carbocycles. The molecular formula is C15H23N3O. The minimum absolute atomic E-state index is 0.267. The van der Waals surface area contributed by atoms with Gasteiger partial charge in [-0.2, -0.15) is 5.10 Å². The van der Waals surface area contributed by atoms with E-state index in [2.05, 4.69) is 50.4 Å². The average molecular weight is 261 g/mol. The summed E-state index contributed by atoms with van der Waals surface area (Å²) in [5, 5.41) is 9.26. The van der Waals surface area contributed by atoms with Gasteiger partial charge in [0.2, 0.25) is 0 Å². The molecule has 2 aromatic rings. The van der Waals surface area contributed by atoms with Gasteiger partial charge in [-0.15, -0.1) is 0 Å². The van der Waals surface area contributed by atoms with Crippen LogP contribution in [0.3, 0.4) is 0 Å². The highest BCUT2D eigenvalue weighted by atomic mass is 16.5. The molecule has 2 rings (SSSR count). The molecule has 4 heteroatoms. The Balaban J connectivity index is 2.18. The topological polar surface area (TPSA) is 39.1 Å². The molecule has 0 radical (unpaired) electrons. The fourth-order valence-electron chi connectivity index (χ4n) is 2.12. The Bertz CT molecular complexity index is 519. The van der Waals surface area contributed by atoms with Crippen LogP contribution in [0.15, 0.2) is 24.3 Å². The first-order valence-electron chi connectivity index (χ1n) is 6.99. The highest BCUT2D eigenvalue weighted by Crippen LogP contribution is 2.18. The molecule has 0 aliphatic carbocycles. The molecule has 1 heterocycles. The second kappa shape index (κ2) is 6.68. The van der Waals surface area contributed by atoms with Crippen LogP contribution < -0.4 is 5.32 Å². The van der Waals surface area contributed by atoms with Crippen molar-refractivity contribution in [3.05, 3.63) is 30.0 Å². The fourth-order valence-corrected chi connectivity index (χ4v) is 2.12. The number of rotatable bonds is 7. The van der Waals surface area contributed by atoms with Crippen LogP contribution in [0.2, 0.25) is 0 Å². The normalized spacial score (nSPS) is 11.6. The lowest BCUT2D eigenvalue weighted by molar-refractivity contribution is 0.0715. The van der Waals surface area contributed by atoms with E-state index in [1.54, 1.807) is 0 Å². The maximum Gasteiger partial charge on any atom is 0.0841 e. The molecular weight excluding hydrogens is 238 g/mol. The van der Waals surface area contributed by atoms with Crippen molar-refractivity contribution in [2.45, 2.75) is 40.0 Å². The van der Waals surface area contributed by atoms with Gasteiger partial charge in [0.1, 0.15) is 0 Å². The molecule has 0 spiro atoms. The van der Waals surface area contributed by atoms with Gasteiger partial charge >= 0.3 is 0 Å². The zero-order chi connectivity index (χ0) is 13.7. The lowest BCUT2D eigenvalue weighted by atomic mass is 10.2. The second-order valence-electron chi connectivity index (χ2n) is 4.89. The number of fused-ring (bicyclic) bond motifs is 1. The number of ether oxygens (including phenoxy) is 1. The number of hydrogen-bond acceptors (Lipinski definition) is 3. The summed E-state index contributed by atoms with van der Waals surface area (Å²) < 4.78 is 7.65. The summed E-state index contributed by atoms with van der Waals surface area (Å²) >= 11 is 0. The van der Waals surface area contributed by atoms with E-state index in [0.29, 0.717) is 6.61 Å². The van der Waals surface area contributed by atoms with Crippen LogP contribution in [0.1, 0.15) is 26.5 Å². The van der Waals surface area contributed by atoms with Gasteiger partial charge < -0.3 is 10.1 Å². The molecule has 0 atom stereocenters. The number of nitrogens with one attached hydrogen (secondary N) is 1. The summed E-state index contributed by atoms with van der Waals surface area (Å²) in [6, 6.07) is 8.37. The van der Waals surface area contributed by atoms with E-state index in [4.69, 9.17) is 9.84 Å². The lowest BCUT2D eigenvalue weighted by Crippen LogP contribution is -2.14. The minimum Gasteiger partial charge on any atom is -0.377 e. The van der Waals surface area contributed by atoms with Crippen LogP contribution in [0.5, 0.6) is 0 Å². The van der Waals surface area contributed by atoms with Crippen LogP contribution in [-0.4, -0.2) is 29.0 Å². The third kappa shape index (κ3) is 3.55. The van der Waals surface area contributed by atoms with Gasteiger partial charge in [-0.05, 0) is 26.5 Å². The minimum atomic E-state index is 0.267. The first-order chi connectivity index (χ1) is 9.22. The molecule has 104 valence electrons. The Morgan fingerprint density at radius 2 is 2.11 bits per heavy atom. The summed E-state index contributed by atoms with van der Waals surface area (Å²) in [5.74, 6) is 0. The summed E-state index contributed by atoms with van der Waals surface area (Å²) in [6.07, 6.45) is 0.267. The maximum atomic E-state index is 5.61. The molecule has 0 saturated carbocycles. The molecule has 4 nitrogen and oxygen atoms in total. The number of hydrogen-bond donors (Lipinski definition) is 1. The molecule has 19 heavy (non-hydrogen) atoms. The summed E-state index contributed by atoms with van der Waals surface area (Å²) in [7, 11) is 0. The molecule has 1 N–H and O–H groups in total. The van der Waals surface area contributed by atoms with Crippen LogP contribution in [0.25, 0.3) is 10.9 Å². The predicted octanol–water partition coefficient (Wildman–Crippen LogP) is 2.57. The Hall–Kier alpha value is -1.39. The highest BCUT2D eigenvalue weighted by Gasteiger charge is 2.09. The first-order valence-corrected chi connectivity index (χ1v) is 6.99. The zero-order valence-corrected chi connectivity index (χ0v) is 12.0. The maximum absolute atomic E-state index is 5.61. The van der Waals surface area contributed by atoms with Crippen molar-refractivity contribution in [3.63, 3.8) is 0 Å². The van der Waals surface area contributed by atoms with Gasteiger partial charge in [0, 0.05) is 11.9 Å². The van der Waals surface area contributed by atoms with E-state index >= 15 is 0 Å². The molecule has 0 aliphatic rings. The van der Waals surface area contributed by atoms with Gasteiger partial charge in [0.25, 0.3) is 0 Å². The van der Waals surface area contributed by atoms with Crippen molar-refractivity contribution in [1.29, 1.82) is 0 Å². The van der Waals surface area contributed by atoms with E-state index in [9.17, 15) is 0 Å². The smallest absolute Gasteiger partial charge is 0.0841 e. The van der Waals surface area contributed by atoms with Gasteiger partial charge in [0.15, 0.2) is 0 Å². The Kier molecular flexibility index (Phi) is 4.93. The summed E-state index contributed by atoms with van der Waals surface area (Å²) in [4.78, 5) is 0. The highest BCUT2D eigenvalue weighted by molar-refractivity contribution is 5.81. The monoisotopic (exact) mass is 261 g/mol. The third-order valence-electron chi connectivity index (χ3n) is 3.03. The van der Waals surface area contributed by atoms with Crippen LogP contribution in [0, 0.1) is 0 Å². The van der Waals surface area contributed by atoms with Gasteiger partial charge in [-0.3, -0.25) is 4.68 Å². The molecule has 1 aromatic heterocycles. The van der Waals surface area contributed by atoms with Crippen molar-refractivity contribution in [3.8, 4) is 0 Å². The number of benzene rings is 1. The zero-order valence-electron chi connectivity index (χ0n) is 12.0. The Morgan fingerprint density at radius 3 is 2.84 bits per heavy atom. The SMILES string of the molecule is CCNCc1nn(CCOC(C)C)c2ccccc12. The van der Waals surface area contributed by atoms with E-state index in [1.807, 2.05) is 4.68 Å². The standard InChI is InChI=1S/C15H23N3O/c1-4-16-11-14-13-7-5-6-8-15(13)18(17-14)9-10-19-12(2)3/h5-8,12,16H,4,9-11H2,1-3H3. The molecule has 0 unspecified atom stereocenters. The van der Waals surface area contributed by atoms with Crippen LogP contribution in [-0.2, 0) is 17.8 Å². The van der Waals surface area contributed by atoms with Gasteiger partial charge in [0.05, 0.1) is 30.5 Å². The molecule has 0 bridgehead atoms. The lowest BCUT2D eigenvalue weighted by Gasteiger charge is -2.08. The number of aromatic nitrogens is 2. The summed E-state index contributed by atoms with van der Waals surface area (Å²) in [5.41, 5.74) is 2.30. The van der Waals surface area contributed by atoms with Crippen molar-refractivity contribution >= 4 is 10.9 Å². The van der Waals surface area contributed by atoms with E-state index in [1.165, 1.54) is 10.9 Å².